The van der Waals surface area contributed by atoms with Gasteiger partial charge in [-0.25, -0.2) is 0 Å². The van der Waals surface area contributed by atoms with E-state index in [9.17, 15) is 4.79 Å². The molecule has 2 unspecified atom stereocenters. The van der Waals surface area contributed by atoms with Gasteiger partial charge >= 0.3 is 0 Å². The largest absolute Gasteiger partial charge is 0.347 e. The lowest BCUT2D eigenvalue weighted by Gasteiger charge is -2.24. The van der Waals surface area contributed by atoms with Crippen molar-refractivity contribution in [3.05, 3.63) is 70.9 Å². The summed E-state index contributed by atoms with van der Waals surface area (Å²) in [6.07, 6.45) is 3.01. The minimum absolute atomic E-state index is 0.00487. The standard InChI is InChI=1S/C19H16ClIN2O/c20-14-5-6-16-13(9-14)7-8-23(16)17-10-12-3-1-2-4-15(12)19(17)22-18(24)11-21/h1-9,17,19H,10-11H2,(H,22,24). The van der Waals surface area contributed by atoms with Gasteiger partial charge in [-0.2, -0.15) is 0 Å². The number of aromatic nitrogens is 1. The Morgan fingerprint density at radius 3 is 2.92 bits per heavy atom. The van der Waals surface area contributed by atoms with Crippen molar-refractivity contribution in [2.24, 2.45) is 0 Å². The summed E-state index contributed by atoms with van der Waals surface area (Å²) in [5.74, 6) is 0.0711. The van der Waals surface area contributed by atoms with Crippen LogP contribution in [0.5, 0.6) is 0 Å². The van der Waals surface area contributed by atoms with Gasteiger partial charge in [0.2, 0.25) is 5.91 Å². The lowest BCUT2D eigenvalue weighted by Crippen LogP contribution is -2.33. The third-order valence-corrected chi connectivity index (χ3v) is 5.61. The number of nitrogens with zero attached hydrogens (tertiary/aromatic N) is 1. The Labute approximate surface area is 159 Å². The van der Waals surface area contributed by atoms with Crippen molar-refractivity contribution < 1.29 is 4.79 Å². The topological polar surface area (TPSA) is 34.0 Å². The summed E-state index contributed by atoms with van der Waals surface area (Å²) < 4.78 is 2.73. The third kappa shape index (κ3) is 2.71. The predicted octanol–water partition coefficient (Wildman–Crippen LogP) is 4.68. The van der Waals surface area contributed by atoms with E-state index in [1.54, 1.807) is 0 Å². The van der Waals surface area contributed by atoms with Crippen LogP contribution in [0, 0.1) is 0 Å². The van der Waals surface area contributed by atoms with Gasteiger partial charge < -0.3 is 9.88 Å². The summed E-state index contributed by atoms with van der Waals surface area (Å²) in [5, 5.41) is 5.07. The number of hydrogen-bond donors (Lipinski definition) is 1. The van der Waals surface area contributed by atoms with Gasteiger partial charge in [0, 0.05) is 22.1 Å². The van der Waals surface area contributed by atoms with Crippen molar-refractivity contribution in [2.75, 3.05) is 4.43 Å². The van der Waals surface area contributed by atoms with Crippen LogP contribution >= 0.6 is 34.2 Å². The summed E-state index contributed by atoms with van der Waals surface area (Å²) in [4.78, 5) is 12.1. The molecule has 0 fully saturated rings. The van der Waals surface area contributed by atoms with Gasteiger partial charge in [-0.15, -0.1) is 0 Å². The molecule has 3 nitrogen and oxygen atoms in total. The first-order chi connectivity index (χ1) is 11.7. The highest BCUT2D eigenvalue weighted by molar-refractivity contribution is 14.1. The van der Waals surface area contributed by atoms with Gasteiger partial charge in [0.1, 0.15) is 0 Å². The zero-order valence-electron chi connectivity index (χ0n) is 12.9. The maximum atomic E-state index is 12.1. The highest BCUT2D eigenvalue weighted by Gasteiger charge is 2.34. The molecule has 122 valence electrons. The number of rotatable bonds is 3. The van der Waals surface area contributed by atoms with Crippen molar-refractivity contribution in [3.63, 3.8) is 0 Å². The molecule has 0 radical (unpaired) electrons. The molecule has 2 atom stereocenters. The van der Waals surface area contributed by atoms with E-state index in [-0.39, 0.29) is 18.0 Å². The Morgan fingerprint density at radius 1 is 1.25 bits per heavy atom. The van der Waals surface area contributed by atoms with Crippen LogP contribution in [0.2, 0.25) is 5.02 Å². The molecule has 5 heteroatoms. The van der Waals surface area contributed by atoms with Gasteiger partial charge in [-0.1, -0.05) is 58.5 Å². The van der Waals surface area contributed by atoms with Crippen LogP contribution in [-0.4, -0.2) is 14.9 Å². The Balaban J connectivity index is 1.79. The van der Waals surface area contributed by atoms with E-state index in [4.69, 9.17) is 11.6 Å². The molecular formula is C19H16ClIN2O. The average Bonchev–Trinajstić information content (AvgIpc) is 3.15. The number of hydrogen-bond acceptors (Lipinski definition) is 1. The maximum absolute atomic E-state index is 12.1. The van der Waals surface area contributed by atoms with E-state index in [1.807, 2.05) is 18.2 Å². The molecule has 1 N–H and O–H groups in total. The number of halogens is 2. The van der Waals surface area contributed by atoms with Crippen molar-refractivity contribution in [3.8, 4) is 0 Å². The Hall–Kier alpha value is -1.53. The molecular weight excluding hydrogens is 435 g/mol. The number of carbonyl (C=O) groups is 1. The molecule has 2 aromatic carbocycles. The molecule has 1 amide bonds. The van der Waals surface area contributed by atoms with E-state index < -0.39 is 0 Å². The van der Waals surface area contributed by atoms with E-state index in [1.165, 1.54) is 11.1 Å². The smallest absolute Gasteiger partial charge is 0.230 e. The summed E-state index contributed by atoms with van der Waals surface area (Å²) in [5.41, 5.74) is 3.67. The highest BCUT2D eigenvalue weighted by Crippen LogP contribution is 2.41. The van der Waals surface area contributed by atoms with Gasteiger partial charge in [0.15, 0.2) is 0 Å². The van der Waals surface area contributed by atoms with Crippen LogP contribution < -0.4 is 5.32 Å². The molecule has 1 aliphatic rings. The SMILES string of the molecule is O=C(CI)NC1c2ccccc2CC1n1ccc2cc(Cl)ccc21. The first-order valence-corrected chi connectivity index (χ1v) is 9.77. The maximum Gasteiger partial charge on any atom is 0.230 e. The molecule has 1 heterocycles. The molecule has 1 aliphatic carbocycles. The van der Waals surface area contributed by atoms with E-state index in [0.29, 0.717) is 4.43 Å². The van der Waals surface area contributed by atoms with Gasteiger partial charge in [-0.05, 0) is 41.8 Å². The fourth-order valence-corrected chi connectivity index (χ4v) is 4.04. The normalized spacial score (nSPS) is 19.4. The first-order valence-electron chi connectivity index (χ1n) is 7.86. The quantitative estimate of drug-likeness (QED) is 0.456. The molecule has 0 saturated heterocycles. The highest BCUT2D eigenvalue weighted by atomic mass is 127. The summed E-state index contributed by atoms with van der Waals surface area (Å²) in [7, 11) is 0. The van der Waals surface area contributed by atoms with Crippen LogP contribution in [0.25, 0.3) is 10.9 Å². The molecule has 0 saturated carbocycles. The van der Waals surface area contributed by atoms with Crippen LogP contribution in [-0.2, 0) is 11.2 Å². The number of alkyl halides is 1. The minimum atomic E-state index is -0.00487. The van der Waals surface area contributed by atoms with Crippen molar-refractivity contribution in [2.45, 2.75) is 18.5 Å². The number of fused-ring (bicyclic) bond motifs is 2. The summed E-state index contributed by atoms with van der Waals surface area (Å²) >= 11 is 8.21. The third-order valence-electron chi connectivity index (χ3n) is 4.68. The average molecular weight is 451 g/mol. The van der Waals surface area contributed by atoms with E-state index >= 15 is 0 Å². The summed E-state index contributed by atoms with van der Waals surface area (Å²) in [6.45, 7) is 0. The van der Waals surface area contributed by atoms with Gasteiger partial charge in [0.25, 0.3) is 0 Å². The van der Waals surface area contributed by atoms with E-state index in [0.717, 1.165) is 22.3 Å². The monoisotopic (exact) mass is 450 g/mol. The second-order valence-corrected chi connectivity index (χ2v) is 7.27. The number of benzene rings is 2. The fourth-order valence-electron chi connectivity index (χ4n) is 3.64. The second-order valence-electron chi connectivity index (χ2n) is 6.08. The fraction of sp³-hybridized carbons (Fsp3) is 0.211. The molecule has 24 heavy (non-hydrogen) atoms. The Morgan fingerprint density at radius 2 is 2.08 bits per heavy atom. The second kappa shape index (κ2) is 6.41. The van der Waals surface area contributed by atoms with Gasteiger partial charge in [-0.3, -0.25) is 4.79 Å². The zero-order valence-corrected chi connectivity index (χ0v) is 15.8. The molecule has 3 aromatic rings. The first kappa shape index (κ1) is 16.0. The Bertz CT molecular complexity index is 921. The van der Waals surface area contributed by atoms with Crippen LogP contribution in [0.15, 0.2) is 54.7 Å². The van der Waals surface area contributed by atoms with Crippen molar-refractivity contribution in [1.29, 1.82) is 0 Å². The van der Waals surface area contributed by atoms with Gasteiger partial charge in [0.05, 0.1) is 16.5 Å². The number of nitrogens with one attached hydrogen (secondary N) is 1. The van der Waals surface area contributed by atoms with Crippen LogP contribution in [0.1, 0.15) is 23.2 Å². The minimum Gasteiger partial charge on any atom is -0.347 e. The lowest BCUT2D eigenvalue weighted by molar-refractivity contribution is -0.119. The Kier molecular flexibility index (Phi) is 4.26. The van der Waals surface area contributed by atoms with Crippen molar-refractivity contribution >= 4 is 51.0 Å². The van der Waals surface area contributed by atoms with Crippen LogP contribution in [0.4, 0.5) is 0 Å². The van der Waals surface area contributed by atoms with Crippen LogP contribution in [0.3, 0.4) is 0 Å². The van der Waals surface area contributed by atoms with E-state index in [2.05, 4.69) is 69.0 Å². The van der Waals surface area contributed by atoms with Crippen molar-refractivity contribution in [1.82, 2.24) is 9.88 Å². The molecule has 1 aromatic heterocycles. The molecule has 0 bridgehead atoms. The number of carbonyl (C=O) groups excluding carboxylic acids is 1. The lowest BCUT2D eigenvalue weighted by atomic mass is 10.1. The molecule has 4 rings (SSSR count). The predicted molar refractivity (Wildman–Crippen MR) is 106 cm³/mol. The molecule has 0 aliphatic heterocycles. The molecule has 0 spiro atoms. The summed E-state index contributed by atoms with van der Waals surface area (Å²) in [6, 6.07) is 16.6. The zero-order chi connectivity index (χ0) is 16.7. The number of amides is 1.